The van der Waals surface area contributed by atoms with Crippen LogP contribution in [0.3, 0.4) is 0 Å². The topological polar surface area (TPSA) is 65.7 Å². The van der Waals surface area contributed by atoms with Crippen molar-refractivity contribution in [2.24, 2.45) is 11.7 Å². The highest BCUT2D eigenvalue weighted by Crippen LogP contribution is 2.26. The molecule has 4 rings (SSSR count). The molecule has 3 aliphatic rings. The molecule has 0 saturated carbocycles. The van der Waals surface area contributed by atoms with Gasteiger partial charge >= 0.3 is 0 Å². The summed E-state index contributed by atoms with van der Waals surface area (Å²) in [5.74, 6) is 0.523. The summed E-state index contributed by atoms with van der Waals surface area (Å²) in [5, 5.41) is 0. The molecule has 0 bridgehead atoms. The van der Waals surface area contributed by atoms with E-state index < -0.39 is 0 Å². The van der Waals surface area contributed by atoms with E-state index in [1.807, 2.05) is 23.4 Å². The number of nitrogens with zero attached hydrogens (tertiary/aromatic N) is 4. The van der Waals surface area contributed by atoms with Gasteiger partial charge in [0.15, 0.2) is 0 Å². The molecule has 0 unspecified atom stereocenters. The Bertz CT molecular complexity index is 595. The van der Waals surface area contributed by atoms with Crippen LogP contribution >= 0.6 is 0 Å². The van der Waals surface area contributed by atoms with Crippen LogP contribution in [-0.2, 0) is 11.3 Å². The van der Waals surface area contributed by atoms with E-state index in [0.29, 0.717) is 11.9 Å². The van der Waals surface area contributed by atoms with Crippen LogP contribution in [0, 0.1) is 5.92 Å². The van der Waals surface area contributed by atoms with Gasteiger partial charge in [0.1, 0.15) is 0 Å². The highest BCUT2D eigenvalue weighted by atomic mass is 16.2. The Morgan fingerprint density at radius 2 is 1.96 bits per heavy atom. The lowest BCUT2D eigenvalue weighted by molar-refractivity contribution is -0.142. The fourth-order valence-corrected chi connectivity index (χ4v) is 4.68. The predicted molar refractivity (Wildman–Crippen MR) is 101 cm³/mol. The molecule has 26 heavy (non-hydrogen) atoms. The molecule has 1 aromatic heterocycles. The highest BCUT2D eigenvalue weighted by molar-refractivity contribution is 5.80. The number of hydrogen-bond donors (Lipinski definition) is 1. The van der Waals surface area contributed by atoms with Crippen LogP contribution in [-0.4, -0.2) is 76.9 Å². The van der Waals surface area contributed by atoms with Gasteiger partial charge in [-0.25, -0.2) is 0 Å². The van der Waals surface area contributed by atoms with Gasteiger partial charge in [0.05, 0.1) is 5.92 Å². The Morgan fingerprint density at radius 3 is 2.65 bits per heavy atom. The third-order valence-corrected chi connectivity index (χ3v) is 6.23. The van der Waals surface area contributed by atoms with Crippen molar-refractivity contribution in [1.82, 2.24) is 19.7 Å². The quantitative estimate of drug-likeness (QED) is 0.868. The van der Waals surface area contributed by atoms with Crippen LogP contribution in [0.15, 0.2) is 24.5 Å². The summed E-state index contributed by atoms with van der Waals surface area (Å²) in [5.41, 5.74) is 7.13. The number of carbonyl (C=O) groups is 1. The second-order valence-electron chi connectivity index (χ2n) is 8.21. The van der Waals surface area contributed by atoms with Crippen molar-refractivity contribution in [2.45, 2.75) is 44.3 Å². The summed E-state index contributed by atoms with van der Waals surface area (Å²) in [4.78, 5) is 23.9. The van der Waals surface area contributed by atoms with Crippen LogP contribution in [0.2, 0.25) is 0 Å². The zero-order chi connectivity index (χ0) is 17.9. The minimum absolute atomic E-state index is 0.185. The summed E-state index contributed by atoms with van der Waals surface area (Å²) in [6, 6.07) is 5.00. The molecule has 3 aliphatic heterocycles. The molecular weight excluding hydrogens is 326 g/mol. The first-order chi connectivity index (χ1) is 12.7. The van der Waals surface area contributed by atoms with E-state index in [0.717, 1.165) is 58.7 Å². The highest BCUT2D eigenvalue weighted by Gasteiger charge is 2.36. The summed E-state index contributed by atoms with van der Waals surface area (Å²) in [6.07, 6.45) is 8.39. The number of aromatic nitrogens is 1. The minimum Gasteiger partial charge on any atom is -0.339 e. The third kappa shape index (κ3) is 4.08. The number of hydrogen-bond acceptors (Lipinski definition) is 5. The number of nitrogens with two attached hydrogens (primary N) is 1. The number of amides is 1. The zero-order valence-corrected chi connectivity index (χ0v) is 15.6. The Labute approximate surface area is 156 Å². The second-order valence-corrected chi connectivity index (χ2v) is 8.21. The monoisotopic (exact) mass is 357 g/mol. The molecule has 1 amide bonds. The molecule has 3 saturated heterocycles. The summed E-state index contributed by atoms with van der Waals surface area (Å²) in [7, 11) is 0. The molecule has 1 atom stereocenters. The molecule has 6 nitrogen and oxygen atoms in total. The van der Waals surface area contributed by atoms with E-state index in [-0.39, 0.29) is 12.0 Å². The maximum Gasteiger partial charge on any atom is 0.227 e. The standard InChI is InChI=1S/C20H31N5O/c21-18-14-25(15-18)20(26)17-4-2-8-24(13-17)19-5-9-23(10-6-19)12-16-3-1-7-22-11-16/h1,3,7,11,17-19H,2,4-6,8-10,12-15,21H2/t17-/m1/s1. The Morgan fingerprint density at radius 1 is 1.15 bits per heavy atom. The molecule has 4 heterocycles. The first kappa shape index (κ1) is 17.9. The van der Waals surface area contributed by atoms with Crippen molar-refractivity contribution in [3.8, 4) is 0 Å². The summed E-state index contributed by atoms with van der Waals surface area (Å²) in [6.45, 7) is 6.86. The van der Waals surface area contributed by atoms with Gasteiger partial charge in [-0.1, -0.05) is 6.07 Å². The first-order valence-corrected chi connectivity index (χ1v) is 10.1. The largest absolute Gasteiger partial charge is 0.339 e. The Balaban J connectivity index is 1.25. The second kappa shape index (κ2) is 8.03. The van der Waals surface area contributed by atoms with E-state index in [1.165, 1.54) is 18.4 Å². The van der Waals surface area contributed by atoms with E-state index in [4.69, 9.17) is 5.73 Å². The van der Waals surface area contributed by atoms with Gasteiger partial charge in [-0.05, 0) is 56.9 Å². The smallest absolute Gasteiger partial charge is 0.227 e. The van der Waals surface area contributed by atoms with Gasteiger partial charge < -0.3 is 10.6 Å². The predicted octanol–water partition coefficient (Wildman–Crippen LogP) is 0.928. The molecule has 142 valence electrons. The van der Waals surface area contributed by atoms with E-state index in [1.54, 1.807) is 0 Å². The lowest BCUT2D eigenvalue weighted by Crippen LogP contribution is -2.60. The maximum absolute atomic E-state index is 12.6. The average molecular weight is 358 g/mol. The fraction of sp³-hybridized carbons (Fsp3) is 0.700. The molecule has 0 spiro atoms. The zero-order valence-electron chi connectivity index (χ0n) is 15.6. The van der Waals surface area contributed by atoms with Gasteiger partial charge in [-0.15, -0.1) is 0 Å². The SMILES string of the molecule is NC1CN(C(=O)[C@@H]2CCCN(C3CCN(Cc4cccnc4)CC3)C2)C1. The van der Waals surface area contributed by atoms with Gasteiger partial charge in [-0.2, -0.15) is 0 Å². The van der Waals surface area contributed by atoms with Crippen LogP contribution < -0.4 is 5.73 Å². The summed E-state index contributed by atoms with van der Waals surface area (Å²) < 4.78 is 0. The summed E-state index contributed by atoms with van der Waals surface area (Å²) >= 11 is 0. The number of carbonyl (C=O) groups excluding carboxylic acids is 1. The van der Waals surface area contributed by atoms with Gasteiger partial charge in [0.2, 0.25) is 5.91 Å². The third-order valence-electron chi connectivity index (χ3n) is 6.23. The van der Waals surface area contributed by atoms with Crippen LogP contribution in [0.1, 0.15) is 31.2 Å². The van der Waals surface area contributed by atoms with Crippen molar-refractivity contribution < 1.29 is 4.79 Å². The van der Waals surface area contributed by atoms with Crippen molar-refractivity contribution >= 4 is 5.91 Å². The van der Waals surface area contributed by atoms with Crippen molar-refractivity contribution in [3.63, 3.8) is 0 Å². The molecule has 0 radical (unpaired) electrons. The Hall–Kier alpha value is -1.50. The molecule has 0 aromatic carbocycles. The van der Waals surface area contributed by atoms with E-state index >= 15 is 0 Å². The average Bonchev–Trinajstić information content (AvgIpc) is 2.66. The van der Waals surface area contributed by atoms with Crippen molar-refractivity contribution in [3.05, 3.63) is 30.1 Å². The maximum atomic E-state index is 12.6. The lowest BCUT2D eigenvalue weighted by atomic mass is 9.91. The fourth-order valence-electron chi connectivity index (χ4n) is 4.68. The lowest BCUT2D eigenvalue weighted by Gasteiger charge is -2.44. The number of rotatable bonds is 4. The molecular formula is C20H31N5O. The molecule has 0 aliphatic carbocycles. The van der Waals surface area contributed by atoms with Gasteiger partial charge in [0, 0.05) is 50.7 Å². The number of piperidine rings is 2. The van der Waals surface area contributed by atoms with Crippen LogP contribution in [0.5, 0.6) is 0 Å². The van der Waals surface area contributed by atoms with Gasteiger partial charge in [-0.3, -0.25) is 19.6 Å². The minimum atomic E-state index is 0.185. The van der Waals surface area contributed by atoms with Crippen LogP contribution in [0.4, 0.5) is 0 Å². The Kier molecular flexibility index (Phi) is 5.52. The van der Waals surface area contributed by atoms with Crippen LogP contribution in [0.25, 0.3) is 0 Å². The molecule has 6 heteroatoms. The van der Waals surface area contributed by atoms with E-state index in [9.17, 15) is 4.79 Å². The first-order valence-electron chi connectivity index (χ1n) is 10.1. The molecule has 2 N–H and O–H groups in total. The number of likely N-dealkylation sites (tertiary alicyclic amines) is 3. The molecule has 1 aromatic rings. The normalized spacial score (nSPS) is 26.7. The molecule has 3 fully saturated rings. The van der Waals surface area contributed by atoms with Gasteiger partial charge in [0.25, 0.3) is 0 Å². The number of pyridine rings is 1. The van der Waals surface area contributed by atoms with Crippen molar-refractivity contribution in [2.75, 3.05) is 39.3 Å². The van der Waals surface area contributed by atoms with E-state index in [2.05, 4.69) is 20.9 Å². The van der Waals surface area contributed by atoms with Crippen molar-refractivity contribution in [1.29, 1.82) is 0 Å².